The van der Waals surface area contributed by atoms with Crippen molar-refractivity contribution in [3.63, 3.8) is 0 Å². The molecule has 1 unspecified atom stereocenters. The van der Waals surface area contributed by atoms with Gasteiger partial charge in [0.25, 0.3) is 0 Å². The molecule has 0 aliphatic heterocycles. The van der Waals surface area contributed by atoms with Gasteiger partial charge in [-0.15, -0.1) is 0 Å². The minimum Gasteiger partial charge on any atom is -0.497 e. The van der Waals surface area contributed by atoms with E-state index in [1.807, 2.05) is 31.2 Å². The first kappa shape index (κ1) is 22.6. The molecular weight excluding hydrogens is 344 g/mol. The number of carbonyl (C=O) groups excluding carboxylic acids is 1. The first-order valence-corrected chi connectivity index (χ1v) is 9.56. The molecule has 152 valence electrons. The SMILES string of the molecule is CCNC(=NCc1ccc(OC)cc1)NCC(CC(C)C)NC(=O)OCC. The van der Waals surface area contributed by atoms with E-state index in [4.69, 9.17) is 9.47 Å². The summed E-state index contributed by atoms with van der Waals surface area (Å²) in [6.45, 7) is 10.3. The van der Waals surface area contributed by atoms with Crippen LogP contribution in [0.1, 0.15) is 39.7 Å². The van der Waals surface area contributed by atoms with Gasteiger partial charge in [0.2, 0.25) is 0 Å². The second-order valence-corrected chi connectivity index (χ2v) is 6.62. The zero-order chi connectivity index (χ0) is 20.1. The number of guanidine groups is 1. The summed E-state index contributed by atoms with van der Waals surface area (Å²) in [5.41, 5.74) is 1.09. The van der Waals surface area contributed by atoms with E-state index in [-0.39, 0.29) is 12.1 Å². The van der Waals surface area contributed by atoms with Gasteiger partial charge in [0, 0.05) is 19.1 Å². The predicted molar refractivity (Wildman–Crippen MR) is 109 cm³/mol. The van der Waals surface area contributed by atoms with Crippen LogP contribution in [-0.2, 0) is 11.3 Å². The number of methoxy groups -OCH3 is 1. The Morgan fingerprint density at radius 3 is 2.41 bits per heavy atom. The molecule has 27 heavy (non-hydrogen) atoms. The van der Waals surface area contributed by atoms with Crippen molar-refractivity contribution in [1.82, 2.24) is 16.0 Å². The molecule has 0 fully saturated rings. The number of carbonyl (C=O) groups is 1. The molecule has 7 heteroatoms. The van der Waals surface area contributed by atoms with E-state index in [0.717, 1.165) is 24.3 Å². The van der Waals surface area contributed by atoms with Crippen molar-refractivity contribution in [2.24, 2.45) is 10.9 Å². The number of hydrogen-bond donors (Lipinski definition) is 3. The Morgan fingerprint density at radius 2 is 1.85 bits per heavy atom. The van der Waals surface area contributed by atoms with Crippen LogP contribution >= 0.6 is 0 Å². The van der Waals surface area contributed by atoms with Crippen molar-refractivity contribution >= 4 is 12.1 Å². The number of hydrogen-bond acceptors (Lipinski definition) is 4. The van der Waals surface area contributed by atoms with Crippen molar-refractivity contribution in [3.8, 4) is 5.75 Å². The number of aliphatic imine (C=N–C) groups is 1. The predicted octanol–water partition coefficient (Wildman–Crippen LogP) is 2.91. The fourth-order valence-corrected chi connectivity index (χ4v) is 2.56. The van der Waals surface area contributed by atoms with E-state index in [1.165, 1.54) is 0 Å². The van der Waals surface area contributed by atoms with E-state index in [0.29, 0.717) is 31.6 Å². The maximum atomic E-state index is 11.8. The molecule has 0 spiro atoms. The molecule has 7 nitrogen and oxygen atoms in total. The summed E-state index contributed by atoms with van der Waals surface area (Å²) >= 11 is 0. The number of alkyl carbamates (subject to hydrolysis) is 1. The number of amides is 1. The second-order valence-electron chi connectivity index (χ2n) is 6.62. The van der Waals surface area contributed by atoms with Gasteiger partial charge in [0.15, 0.2) is 5.96 Å². The highest BCUT2D eigenvalue weighted by molar-refractivity contribution is 5.79. The lowest BCUT2D eigenvalue weighted by atomic mass is 10.0. The molecule has 0 bridgehead atoms. The van der Waals surface area contributed by atoms with Crippen LogP contribution in [-0.4, -0.2) is 44.9 Å². The van der Waals surface area contributed by atoms with Crippen molar-refractivity contribution in [2.75, 3.05) is 26.8 Å². The maximum absolute atomic E-state index is 11.8. The van der Waals surface area contributed by atoms with Gasteiger partial charge >= 0.3 is 6.09 Å². The van der Waals surface area contributed by atoms with Gasteiger partial charge in [-0.25, -0.2) is 9.79 Å². The molecule has 1 aromatic rings. The lowest BCUT2D eigenvalue weighted by Gasteiger charge is -2.22. The Bertz CT molecular complexity index is 573. The number of ether oxygens (including phenoxy) is 2. The van der Waals surface area contributed by atoms with Gasteiger partial charge in [-0.2, -0.15) is 0 Å². The Hall–Kier alpha value is -2.44. The zero-order valence-electron chi connectivity index (χ0n) is 17.2. The Morgan fingerprint density at radius 1 is 1.15 bits per heavy atom. The van der Waals surface area contributed by atoms with Crippen LogP contribution in [0.15, 0.2) is 29.3 Å². The summed E-state index contributed by atoms with van der Waals surface area (Å²) in [6, 6.07) is 7.81. The lowest BCUT2D eigenvalue weighted by Crippen LogP contribution is -2.47. The maximum Gasteiger partial charge on any atom is 0.407 e. The van der Waals surface area contributed by atoms with Crippen molar-refractivity contribution in [1.29, 1.82) is 0 Å². The smallest absolute Gasteiger partial charge is 0.407 e. The highest BCUT2D eigenvalue weighted by Gasteiger charge is 2.15. The average molecular weight is 379 g/mol. The molecule has 0 saturated carbocycles. The normalized spacial score (nSPS) is 12.4. The summed E-state index contributed by atoms with van der Waals surface area (Å²) in [4.78, 5) is 16.4. The molecule has 0 saturated heterocycles. The number of benzene rings is 1. The molecular formula is C20H34N4O3. The topological polar surface area (TPSA) is 84.0 Å². The van der Waals surface area contributed by atoms with Crippen LogP contribution in [0.25, 0.3) is 0 Å². The van der Waals surface area contributed by atoms with E-state index >= 15 is 0 Å². The Labute approximate surface area is 162 Å². The standard InChI is InChI=1S/C20H34N4O3/c1-6-21-19(22-13-16-8-10-18(26-5)11-9-16)23-14-17(12-15(3)4)24-20(25)27-7-2/h8-11,15,17H,6-7,12-14H2,1-5H3,(H,24,25)(H2,21,22,23). The lowest BCUT2D eigenvalue weighted by molar-refractivity contribution is 0.146. The molecule has 1 amide bonds. The first-order chi connectivity index (χ1) is 13.0. The molecule has 0 aromatic heterocycles. The van der Waals surface area contributed by atoms with Crippen LogP contribution in [0.3, 0.4) is 0 Å². The second kappa shape index (κ2) is 12.8. The summed E-state index contributed by atoms with van der Waals surface area (Å²) in [5.74, 6) is 2.00. The highest BCUT2D eigenvalue weighted by atomic mass is 16.5. The Balaban J connectivity index is 2.66. The van der Waals surface area contributed by atoms with Crippen LogP contribution in [0.4, 0.5) is 4.79 Å². The number of nitrogens with one attached hydrogen (secondary N) is 3. The van der Waals surface area contributed by atoms with Gasteiger partial charge in [-0.1, -0.05) is 26.0 Å². The van der Waals surface area contributed by atoms with Crippen molar-refractivity contribution in [3.05, 3.63) is 29.8 Å². The van der Waals surface area contributed by atoms with Crippen LogP contribution in [0.5, 0.6) is 5.75 Å². The molecule has 1 atom stereocenters. The zero-order valence-corrected chi connectivity index (χ0v) is 17.2. The number of rotatable bonds is 10. The quantitative estimate of drug-likeness (QED) is 0.431. The molecule has 1 rings (SSSR count). The van der Waals surface area contributed by atoms with E-state index in [1.54, 1.807) is 14.0 Å². The van der Waals surface area contributed by atoms with Crippen LogP contribution < -0.4 is 20.7 Å². The monoisotopic (exact) mass is 378 g/mol. The third kappa shape index (κ3) is 9.72. The van der Waals surface area contributed by atoms with Crippen molar-refractivity contribution in [2.45, 2.75) is 46.7 Å². The first-order valence-electron chi connectivity index (χ1n) is 9.56. The molecule has 0 aliphatic carbocycles. The van der Waals surface area contributed by atoms with Gasteiger partial charge in [0.1, 0.15) is 5.75 Å². The summed E-state index contributed by atoms with van der Waals surface area (Å²) in [5, 5.41) is 9.46. The van der Waals surface area contributed by atoms with Gasteiger partial charge in [-0.3, -0.25) is 0 Å². The summed E-state index contributed by atoms with van der Waals surface area (Å²) < 4.78 is 10.2. The Kier molecular flexibility index (Phi) is 10.7. The minimum atomic E-state index is -0.384. The van der Waals surface area contributed by atoms with Gasteiger partial charge in [0.05, 0.1) is 20.3 Å². The fraction of sp³-hybridized carbons (Fsp3) is 0.600. The largest absolute Gasteiger partial charge is 0.497 e. The highest BCUT2D eigenvalue weighted by Crippen LogP contribution is 2.11. The van der Waals surface area contributed by atoms with E-state index in [2.05, 4.69) is 34.8 Å². The third-order valence-corrected chi connectivity index (χ3v) is 3.79. The summed E-state index contributed by atoms with van der Waals surface area (Å²) in [6.07, 6.45) is 0.467. The number of nitrogens with zero attached hydrogens (tertiary/aromatic N) is 1. The van der Waals surface area contributed by atoms with Gasteiger partial charge < -0.3 is 25.4 Å². The van der Waals surface area contributed by atoms with E-state index < -0.39 is 0 Å². The molecule has 0 aliphatic rings. The minimum absolute atomic E-state index is 0.0334. The fourth-order valence-electron chi connectivity index (χ4n) is 2.56. The third-order valence-electron chi connectivity index (χ3n) is 3.79. The van der Waals surface area contributed by atoms with E-state index in [9.17, 15) is 4.79 Å². The van der Waals surface area contributed by atoms with Crippen LogP contribution in [0, 0.1) is 5.92 Å². The van der Waals surface area contributed by atoms with Gasteiger partial charge in [-0.05, 0) is 43.9 Å². The molecule has 0 radical (unpaired) electrons. The molecule has 0 heterocycles. The van der Waals surface area contributed by atoms with Crippen LogP contribution in [0.2, 0.25) is 0 Å². The average Bonchev–Trinajstić information content (AvgIpc) is 2.64. The van der Waals surface area contributed by atoms with Crippen molar-refractivity contribution < 1.29 is 14.3 Å². The summed E-state index contributed by atoms with van der Waals surface area (Å²) in [7, 11) is 1.65. The molecule has 1 aromatic carbocycles. The molecule has 3 N–H and O–H groups in total.